The molecule has 0 radical (unpaired) electrons. The van der Waals surface area contributed by atoms with Crippen molar-refractivity contribution in [2.45, 2.75) is 0 Å². The molecule has 0 amide bonds. The van der Waals surface area contributed by atoms with Gasteiger partial charge in [-0.3, -0.25) is 20.2 Å². The Kier molecular flexibility index (Phi) is 13.7. The summed E-state index contributed by atoms with van der Waals surface area (Å²) in [5, 5.41) is 42.5. The van der Waals surface area contributed by atoms with E-state index in [1.165, 1.54) is 30.5 Å². The molecule has 0 fully saturated rings. The number of H-pyrrole nitrogens is 1. The van der Waals surface area contributed by atoms with E-state index in [2.05, 4.69) is 25.4 Å². The molecule has 0 aliphatic carbocycles. The first kappa shape index (κ1) is 48.4. The zero-order valence-electron chi connectivity index (χ0n) is 37.3. The molecule has 10 rings (SSSR count). The van der Waals surface area contributed by atoms with Crippen molar-refractivity contribution in [3.8, 4) is 73.9 Å². The van der Waals surface area contributed by atoms with Gasteiger partial charge in [-0.15, -0.1) is 0 Å². The van der Waals surface area contributed by atoms with E-state index in [1.807, 2.05) is 97.1 Å². The highest BCUT2D eigenvalue weighted by Crippen LogP contribution is 2.41. The molecule has 0 atom stereocenters. The van der Waals surface area contributed by atoms with Crippen LogP contribution in [0.3, 0.4) is 0 Å². The fourth-order valence-corrected chi connectivity index (χ4v) is 8.37. The van der Waals surface area contributed by atoms with E-state index >= 15 is 0 Å². The molecular weight excluding hydrogens is 1040 g/mol. The van der Waals surface area contributed by atoms with Crippen molar-refractivity contribution >= 4 is 57.6 Å². The minimum absolute atomic E-state index is 0.0475. The number of aromatic amines is 1. The molecule has 3 heterocycles. The van der Waals surface area contributed by atoms with Crippen LogP contribution in [0.15, 0.2) is 168 Å². The number of nitro benzene ring substituents is 2. The third-order valence-corrected chi connectivity index (χ3v) is 12.5. The number of phosphoric ester groups is 1. The van der Waals surface area contributed by atoms with Gasteiger partial charge in [-0.1, -0.05) is 48.0 Å². The molecule has 360 valence electrons. The predicted molar refractivity (Wildman–Crippen MR) is 261 cm³/mol. The van der Waals surface area contributed by atoms with Gasteiger partial charge in [0.2, 0.25) is 11.4 Å². The van der Waals surface area contributed by atoms with Crippen LogP contribution in [0.1, 0.15) is 0 Å². The Balaban J connectivity index is 0.000000339. The summed E-state index contributed by atoms with van der Waals surface area (Å²) in [5.74, 6) is 1.72. The van der Waals surface area contributed by atoms with Gasteiger partial charge in [0, 0.05) is 44.5 Å². The Morgan fingerprint density at radius 2 is 1.06 bits per heavy atom. The maximum atomic E-state index is 11.4. The second-order valence-electron chi connectivity index (χ2n) is 15.2. The molecule has 24 heteroatoms. The normalized spacial score (nSPS) is 11.2. The minimum Gasteiger partial charge on any atom is -0.780 e. The number of benzene rings is 7. The zero-order chi connectivity index (χ0) is 50.7. The minimum atomic E-state index is -5.09. The first-order valence-electron chi connectivity index (χ1n) is 21.1. The molecule has 21 nitrogen and oxygen atoms in total. The summed E-state index contributed by atoms with van der Waals surface area (Å²) in [5.41, 5.74) is 5.86. The van der Waals surface area contributed by atoms with Gasteiger partial charge in [0.25, 0.3) is 11.4 Å². The summed E-state index contributed by atoms with van der Waals surface area (Å²) in [6.45, 7) is 0. The van der Waals surface area contributed by atoms with E-state index in [0.717, 1.165) is 22.3 Å². The van der Waals surface area contributed by atoms with Gasteiger partial charge in [0.05, 0.1) is 61.3 Å². The van der Waals surface area contributed by atoms with Crippen LogP contribution in [0.4, 0.5) is 11.4 Å². The monoisotopic (exact) mass is 1070 g/mol. The first-order chi connectivity index (χ1) is 34.7. The molecule has 3 aromatic heterocycles. The number of ether oxygens (including phenoxy) is 2. The average molecular weight is 1070 g/mol. The van der Waals surface area contributed by atoms with Gasteiger partial charge in [-0.05, 0) is 144 Å². The quantitative estimate of drug-likeness (QED) is 0.0496. The first-order valence-corrected chi connectivity index (χ1v) is 23.8. The highest BCUT2D eigenvalue weighted by Gasteiger charge is 2.29. The Bertz CT molecular complexity index is 3500. The molecule has 72 heavy (non-hydrogen) atoms. The van der Waals surface area contributed by atoms with Crippen LogP contribution in [-0.4, -0.2) is 59.0 Å². The summed E-state index contributed by atoms with van der Waals surface area (Å²) in [6, 6.07) is 45.7. The lowest BCUT2D eigenvalue weighted by Gasteiger charge is -2.28. The zero-order valence-corrected chi connectivity index (χ0v) is 40.6. The topological polar surface area (TPSA) is 262 Å². The van der Waals surface area contributed by atoms with E-state index in [4.69, 9.17) is 41.5 Å². The fraction of sp³-hybridized carbons (Fsp3) is 0.0417. The number of non-ortho nitro benzene ring substituents is 2. The third-order valence-electron chi connectivity index (χ3n) is 10.8. The van der Waals surface area contributed by atoms with Crippen LogP contribution in [0.5, 0.6) is 17.2 Å². The van der Waals surface area contributed by atoms with Crippen LogP contribution in [-0.2, 0) is 4.57 Å². The number of methoxy groups -OCH3 is 2. The van der Waals surface area contributed by atoms with E-state index in [-0.39, 0.29) is 22.1 Å². The van der Waals surface area contributed by atoms with Crippen LogP contribution < -0.4 is 33.4 Å². The molecule has 0 unspecified atom stereocenters. The van der Waals surface area contributed by atoms with Crippen LogP contribution in [0.25, 0.3) is 67.6 Å². The smallest absolute Gasteiger partial charge is 0.340 e. The third kappa shape index (κ3) is 10.1. The fourth-order valence-electron chi connectivity index (χ4n) is 7.40. The second kappa shape index (κ2) is 20.4. The SMILES string of the molecule is COc1cc(-c2ccc(-[n+]3nc(-c4ccccc4)nn3-c3ccc([N+](=O)[O-])cc3)c(OC)c2)ccc1-[n+]1nc(-c2ccccc2)nn1-c1ccc([N+](=O)[O-])cc1.O=P([O-])([O-])Oc1c[nH]c2ccc(Br)c(Cl)c12. The van der Waals surface area contributed by atoms with Gasteiger partial charge in [-0.25, -0.2) is 0 Å². The molecule has 0 aliphatic heterocycles. The van der Waals surface area contributed by atoms with Crippen molar-refractivity contribution in [1.29, 1.82) is 0 Å². The number of aromatic nitrogens is 9. The number of nitro groups is 2. The van der Waals surface area contributed by atoms with Crippen molar-refractivity contribution in [1.82, 2.24) is 35.0 Å². The van der Waals surface area contributed by atoms with Crippen LogP contribution >= 0.6 is 35.4 Å². The number of tetrazole rings is 2. The number of phosphoric acid groups is 1. The maximum absolute atomic E-state index is 11.4. The van der Waals surface area contributed by atoms with Crippen LogP contribution in [0, 0.1) is 20.2 Å². The lowest BCUT2D eigenvalue weighted by Crippen LogP contribution is -2.43. The van der Waals surface area contributed by atoms with Crippen molar-refractivity contribution in [3.05, 3.63) is 194 Å². The summed E-state index contributed by atoms with van der Waals surface area (Å²) in [4.78, 5) is 51.9. The number of nitrogens with one attached hydrogen (secondary N) is 1. The Hall–Kier alpha value is -8.66. The molecular formula is C48H34BrClN11O10P. The Morgan fingerprint density at radius 3 is 1.46 bits per heavy atom. The van der Waals surface area contributed by atoms with Crippen molar-refractivity contribution in [3.63, 3.8) is 0 Å². The predicted octanol–water partition coefficient (Wildman–Crippen LogP) is 8.03. The summed E-state index contributed by atoms with van der Waals surface area (Å²) >= 11 is 9.15. The number of hydrogen-bond acceptors (Lipinski definition) is 14. The van der Waals surface area contributed by atoms with Crippen molar-refractivity contribution in [2.24, 2.45) is 0 Å². The van der Waals surface area contributed by atoms with E-state index in [0.29, 0.717) is 61.3 Å². The van der Waals surface area contributed by atoms with Gasteiger partial charge < -0.3 is 33.3 Å². The number of rotatable bonds is 13. The molecule has 10 aromatic rings. The standard InChI is InChI=1S/C40H30N10O6.C8H6BrClNO4P/c1-55-37-25-29(13-23-35(37)47-43-39(27-9-5-3-6-10-27)41-45(47)31-15-19-33(20-16-31)49(51)52)30-14-24-36(38(26-30)56-2)48-44-40(28-11-7-4-8-12-28)42-46(48)32-17-21-34(22-18-32)50(53)54;9-4-1-2-5-7(8(4)10)6(3-11-5)15-16(12,13)14/h3-26H,1-2H3;1-3,11H,(H2,12,13,14)/q+2;/p-2. The average Bonchev–Trinajstić information content (AvgIpc) is 4.16. The second-order valence-corrected chi connectivity index (χ2v) is 17.5. The van der Waals surface area contributed by atoms with E-state index < -0.39 is 17.7 Å². The number of halogens is 2. The maximum Gasteiger partial charge on any atom is 0.340 e. The molecule has 0 bridgehead atoms. The largest absolute Gasteiger partial charge is 0.780 e. The van der Waals surface area contributed by atoms with Crippen molar-refractivity contribution < 1.29 is 47.8 Å². The molecule has 7 aromatic carbocycles. The van der Waals surface area contributed by atoms with Gasteiger partial charge in [0.1, 0.15) is 19.2 Å². The summed E-state index contributed by atoms with van der Waals surface area (Å²) < 4.78 is 27.2. The van der Waals surface area contributed by atoms with Crippen molar-refractivity contribution in [2.75, 3.05) is 14.2 Å². The van der Waals surface area contributed by atoms with Gasteiger partial charge in [0.15, 0.2) is 17.2 Å². The summed E-state index contributed by atoms with van der Waals surface area (Å²) in [7, 11) is -1.97. The molecule has 1 N–H and O–H groups in total. The molecule has 0 saturated heterocycles. The number of hydrogen-bond donors (Lipinski definition) is 1. The molecule has 0 aliphatic rings. The number of fused-ring (bicyclic) bond motifs is 1. The Morgan fingerprint density at radius 1 is 0.611 bits per heavy atom. The molecule has 0 spiro atoms. The molecule has 0 saturated carbocycles. The summed E-state index contributed by atoms with van der Waals surface area (Å²) in [6.07, 6.45) is 1.27. The lowest BCUT2D eigenvalue weighted by atomic mass is 10.0. The Labute approximate surface area is 420 Å². The lowest BCUT2D eigenvalue weighted by molar-refractivity contribution is -0.734. The highest BCUT2D eigenvalue weighted by atomic mass is 79.9. The van der Waals surface area contributed by atoms with E-state index in [1.54, 1.807) is 69.8 Å². The van der Waals surface area contributed by atoms with Gasteiger partial charge in [-0.2, -0.15) is 0 Å². The van der Waals surface area contributed by atoms with E-state index in [9.17, 15) is 34.6 Å². The highest BCUT2D eigenvalue weighted by molar-refractivity contribution is 9.10. The van der Waals surface area contributed by atoms with Gasteiger partial charge >= 0.3 is 11.6 Å². The van der Waals surface area contributed by atoms with Crippen LogP contribution in [0.2, 0.25) is 5.02 Å². The number of nitrogens with zero attached hydrogens (tertiary/aromatic N) is 10.